The summed E-state index contributed by atoms with van der Waals surface area (Å²) in [6.07, 6.45) is -0.103. The average Bonchev–Trinajstić information content (AvgIpc) is 2.87. The molecule has 4 rings (SSSR count). The van der Waals surface area contributed by atoms with Crippen molar-refractivity contribution in [1.29, 1.82) is 0 Å². The van der Waals surface area contributed by atoms with E-state index < -0.39 is 22.0 Å². The van der Waals surface area contributed by atoms with Crippen molar-refractivity contribution in [2.75, 3.05) is 6.61 Å². The molecule has 1 fully saturated rings. The molecule has 128 valence electrons. The van der Waals surface area contributed by atoms with Crippen molar-refractivity contribution in [1.82, 2.24) is 0 Å². The number of hydrogen-bond donors (Lipinski definition) is 0. The van der Waals surface area contributed by atoms with Gasteiger partial charge in [0.2, 0.25) is 0 Å². The van der Waals surface area contributed by atoms with Crippen LogP contribution in [0.3, 0.4) is 0 Å². The first-order valence-corrected chi connectivity index (χ1v) is 9.38. The first kappa shape index (κ1) is 16.2. The van der Waals surface area contributed by atoms with Crippen molar-refractivity contribution in [2.24, 2.45) is 10.3 Å². The Balaban J connectivity index is 1.84. The van der Waals surface area contributed by atoms with E-state index in [1.54, 1.807) is 36.4 Å². The van der Waals surface area contributed by atoms with Crippen LogP contribution in [-0.4, -0.2) is 20.7 Å². The van der Waals surface area contributed by atoms with Gasteiger partial charge in [-0.15, -0.1) is 0 Å². The molecule has 6 heteroatoms. The molecular weight excluding hydrogens is 341 g/mol. The Bertz CT molecular complexity index is 997. The van der Waals surface area contributed by atoms with E-state index in [-0.39, 0.29) is 10.7 Å². The van der Waals surface area contributed by atoms with Gasteiger partial charge in [-0.2, -0.15) is 12.8 Å². The SMILES string of the molecule is C=C1CO[C@H](c2ccccc2F)[C@@H](C2=NS(=O)(=O)c3ccccc32)C1. The summed E-state index contributed by atoms with van der Waals surface area (Å²) in [6.45, 7) is 4.27. The maximum Gasteiger partial charge on any atom is 0.283 e. The lowest BCUT2D eigenvalue weighted by Gasteiger charge is -2.33. The Kier molecular flexibility index (Phi) is 3.81. The maximum absolute atomic E-state index is 14.3. The van der Waals surface area contributed by atoms with Crippen LogP contribution in [0.5, 0.6) is 0 Å². The fraction of sp³-hybridized carbons (Fsp3) is 0.211. The van der Waals surface area contributed by atoms with Crippen molar-refractivity contribution in [3.05, 3.63) is 77.6 Å². The first-order chi connectivity index (χ1) is 12.0. The summed E-state index contributed by atoms with van der Waals surface area (Å²) in [5.74, 6) is -0.781. The summed E-state index contributed by atoms with van der Waals surface area (Å²) >= 11 is 0. The van der Waals surface area contributed by atoms with Crippen molar-refractivity contribution in [3.63, 3.8) is 0 Å². The average molecular weight is 357 g/mol. The quantitative estimate of drug-likeness (QED) is 0.771. The molecule has 0 N–H and O–H groups in total. The molecule has 2 aliphatic rings. The van der Waals surface area contributed by atoms with Crippen molar-refractivity contribution >= 4 is 15.7 Å². The van der Waals surface area contributed by atoms with Gasteiger partial charge in [-0.25, -0.2) is 4.39 Å². The van der Waals surface area contributed by atoms with E-state index >= 15 is 0 Å². The molecule has 4 nitrogen and oxygen atoms in total. The molecule has 0 spiro atoms. The van der Waals surface area contributed by atoms with Gasteiger partial charge in [0.15, 0.2) is 0 Å². The topological polar surface area (TPSA) is 55.7 Å². The first-order valence-electron chi connectivity index (χ1n) is 7.94. The Morgan fingerprint density at radius 1 is 1.12 bits per heavy atom. The molecule has 0 aromatic heterocycles. The molecule has 25 heavy (non-hydrogen) atoms. The Morgan fingerprint density at radius 3 is 2.64 bits per heavy atom. The molecule has 2 aromatic rings. The lowest BCUT2D eigenvalue weighted by molar-refractivity contribution is 0.0187. The number of benzene rings is 2. The second-order valence-corrected chi connectivity index (χ2v) is 7.83. The highest BCUT2D eigenvalue weighted by Gasteiger charge is 2.40. The van der Waals surface area contributed by atoms with Gasteiger partial charge in [0.05, 0.1) is 23.3 Å². The van der Waals surface area contributed by atoms with E-state index in [9.17, 15) is 12.8 Å². The minimum Gasteiger partial charge on any atom is -0.368 e. The molecule has 2 heterocycles. The standard InChI is InChI=1S/C19H16FNO3S/c1-12-10-15(19(24-11-12)13-6-2-4-8-16(13)20)18-14-7-3-5-9-17(14)25(22,23)21-18/h2-9,15,19H,1,10-11H2/t15-,19-/m1/s1. The molecule has 2 atom stereocenters. The fourth-order valence-corrected chi connectivity index (χ4v) is 4.74. The smallest absolute Gasteiger partial charge is 0.283 e. The maximum atomic E-state index is 14.3. The van der Waals surface area contributed by atoms with Crippen LogP contribution in [0.25, 0.3) is 0 Å². The van der Waals surface area contributed by atoms with Crippen molar-refractivity contribution in [2.45, 2.75) is 17.4 Å². The molecule has 0 amide bonds. The van der Waals surface area contributed by atoms with Crippen LogP contribution in [0.4, 0.5) is 4.39 Å². The van der Waals surface area contributed by atoms with Crippen LogP contribution in [-0.2, 0) is 14.8 Å². The Labute approximate surface area is 145 Å². The summed E-state index contributed by atoms with van der Waals surface area (Å²) < 4.78 is 48.9. The zero-order valence-corrected chi connectivity index (χ0v) is 14.2. The third-order valence-electron chi connectivity index (χ3n) is 4.56. The highest BCUT2D eigenvalue weighted by Crippen LogP contribution is 2.41. The zero-order chi connectivity index (χ0) is 17.6. The van der Waals surface area contributed by atoms with Gasteiger partial charge in [-0.05, 0) is 18.6 Å². The third-order valence-corrected chi connectivity index (χ3v) is 5.91. The second kappa shape index (κ2) is 5.89. The van der Waals surface area contributed by atoms with E-state index in [0.29, 0.717) is 29.9 Å². The predicted octanol–water partition coefficient (Wildman–Crippen LogP) is 3.65. The van der Waals surface area contributed by atoms with Gasteiger partial charge in [-0.1, -0.05) is 48.6 Å². The third kappa shape index (κ3) is 2.71. The molecule has 2 aliphatic heterocycles. The van der Waals surface area contributed by atoms with Crippen LogP contribution >= 0.6 is 0 Å². The van der Waals surface area contributed by atoms with Gasteiger partial charge >= 0.3 is 0 Å². The van der Waals surface area contributed by atoms with Gasteiger partial charge in [0.1, 0.15) is 5.82 Å². The molecule has 0 bridgehead atoms. The normalized spacial score (nSPS) is 24.7. The van der Waals surface area contributed by atoms with Crippen LogP contribution in [0.15, 0.2) is 70.0 Å². The molecule has 0 aliphatic carbocycles. The van der Waals surface area contributed by atoms with Gasteiger partial charge in [0, 0.05) is 17.0 Å². The van der Waals surface area contributed by atoms with Crippen LogP contribution in [0.1, 0.15) is 23.7 Å². The largest absolute Gasteiger partial charge is 0.368 e. The van der Waals surface area contributed by atoms with Crippen LogP contribution in [0.2, 0.25) is 0 Å². The zero-order valence-electron chi connectivity index (χ0n) is 13.4. The predicted molar refractivity (Wildman–Crippen MR) is 92.5 cm³/mol. The summed E-state index contributed by atoms with van der Waals surface area (Å²) in [7, 11) is -3.73. The molecule has 0 saturated carbocycles. The summed E-state index contributed by atoms with van der Waals surface area (Å²) in [6, 6.07) is 13.1. The highest BCUT2D eigenvalue weighted by molar-refractivity contribution is 7.90. The van der Waals surface area contributed by atoms with E-state index in [4.69, 9.17) is 4.74 Å². The van der Waals surface area contributed by atoms with Crippen LogP contribution in [0, 0.1) is 11.7 Å². The summed E-state index contributed by atoms with van der Waals surface area (Å²) in [5.41, 5.74) is 2.23. The number of hydrogen-bond acceptors (Lipinski definition) is 3. The Morgan fingerprint density at radius 2 is 1.84 bits per heavy atom. The van der Waals surface area contributed by atoms with Gasteiger partial charge in [0.25, 0.3) is 10.0 Å². The molecule has 2 aromatic carbocycles. The molecule has 0 radical (unpaired) electrons. The molecular formula is C19H16FNO3S. The van der Waals surface area contributed by atoms with Gasteiger partial charge in [-0.3, -0.25) is 0 Å². The molecule has 0 unspecified atom stereocenters. The lowest BCUT2D eigenvalue weighted by Crippen LogP contribution is -2.30. The molecule has 1 saturated heterocycles. The number of nitrogens with zero attached hydrogens (tertiary/aromatic N) is 1. The summed E-state index contributed by atoms with van der Waals surface area (Å²) in [4.78, 5) is 0.188. The highest BCUT2D eigenvalue weighted by atomic mass is 32.2. The summed E-state index contributed by atoms with van der Waals surface area (Å²) in [5, 5.41) is 0. The monoisotopic (exact) mass is 357 g/mol. The number of sulfonamides is 1. The van der Waals surface area contributed by atoms with Gasteiger partial charge < -0.3 is 4.74 Å². The number of fused-ring (bicyclic) bond motifs is 1. The van der Waals surface area contributed by atoms with E-state index in [1.807, 2.05) is 0 Å². The van der Waals surface area contributed by atoms with E-state index in [2.05, 4.69) is 11.0 Å². The number of halogens is 1. The van der Waals surface area contributed by atoms with Crippen LogP contribution < -0.4 is 0 Å². The van der Waals surface area contributed by atoms with E-state index in [0.717, 1.165) is 5.57 Å². The van der Waals surface area contributed by atoms with Crippen molar-refractivity contribution < 1.29 is 17.5 Å². The Hall–Kier alpha value is -2.31. The van der Waals surface area contributed by atoms with Crippen molar-refractivity contribution in [3.8, 4) is 0 Å². The second-order valence-electron chi connectivity index (χ2n) is 6.26. The lowest BCUT2D eigenvalue weighted by atomic mass is 9.82. The fourth-order valence-electron chi connectivity index (χ4n) is 3.45. The minimum absolute atomic E-state index is 0.188. The number of ether oxygens (including phenoxy) is 1. The number of rotatable bonds is 2. The van der Waals surface area contributed by atoms with E-state index in [1.165, 1.54) is 12.1 Å². The minimum atomic E-state index is -3.73.